The predicted octanol–water partition coefficient (Wildman–Crippen LogP) is 1.75. The van der Waals surface area contributed by atoms with E-state index >= 15 is 0 Å². The van der Waals surface area contributed by atoms with Gasteiger partial charge in [-0.15, -0.1) is 5.10 Å². The molecule has 3 heterocycles. The van der Waals surface area contributed by atoms with E-state index in [1.54, 1.807) is 46.4 Å². The van der Waals surface area contributed by atoms with Crippen molar-refractivity contribution in [1.82, 2.24) is 35.2 Å². The molecule has 6 N–H and O–H groups in total. The second kappa shape index (κ2) is 18.0. The SMILES string of the molecule is CC(C)(C)C(=O)CNS(=O)(=O)c1ccc(C(=O)N[C@H](CC2CCCCC2)C(=O)N2CC(n3nncc3C(C)(C)O)CC2C(=O)NC2(C(=O)C(N)=O)CCSCC2)cc1. The first kappa shape index (κ1) is 44.9. The standard InChI is InChI=1S/C39H56N8O9S2/c1-37(2,3)31(48)22-42-58(55,56)27-13-11-25(12-14-27)34(51)43-28(19-24-9-7-6-8-10-24)36(53)46-23-26(47-30(21-41-45-47)38(4,5)54)20-29(46)35(52)44-39(32(49)33(40)50)15-17-57-18-16-39/h11-14,21,24,26,28-29,42,54H,6-10,15-20,22-23H2,1-5H3,(H2,40,50)(H,43,51)(H,44,52)/t26?,28-,29?/m1/s1. The number of hydrogen-bond donors (Lipinski definition) is 5. The Morgan fingerprint density at radius 1 is 1.00 bits per heavy atom. The highest BCUT2D eigenvalue weighted by molar-refractivity contribution is 7.99. The fourth-order valence-electron chi connectivity index (χ4n) is 7.83. The van der Waals surface area contributed by atoms with Crippen molar-refractivity contribution in [1.29, 1.82) is 0 Å². The topological polar surface area (TPSA) is 253 Å². The number of carbonyl (C=O) groups excluding carboxylic acids is 6. The average molecular weight is 845 g/mol. The number of Topliss-reactive ketones (excluding diaryl/α,β-unsaturated/α-hetero) is 2. The van der Waals surface area contributed by atoms with Gasteiger partial charge in [-0.3, -0.25) is 28.8 Å². The molecule has 1 aliphatic carbocycles. The van der Waals surface area contributed by atoms with E-state index in [4.69, 9.17) is 5.73 Å². The summed E-state index contributed by atoms with van der Waals surface area (Å²) in [5.74, 6) is -3.15. The highest BCUT2D eigenvalue weighted by atomic mass is 32.2. The van der Waals surface area contributed by atoms with Gasteiger partial charge in [0.1, 0.15) is 23.2 Å². The summed E-state index contributed by atoms with van der Waals surface area (Å²) < 4.78 is 29.7. The van der Waals surface area contributed by atoms with E-state index in [0.717, 1.165) is 32.1 Å². The lowest BCUT2D eigenvalue weighted by Crippen LogP contribution is -2.63. The Morgan fingerprint density at radius 3 is 2.22 bits per heavy atom. The maximum atomic E-state index is 14.9. The lowest BCUT2D eigenvalue weighted by atomic mass is 9.84. The van der Waals surface area contributed by atoms with Gasteiger partial charge >= 0.3 is 0 Å². The normalized spacial score (nSPS) is 20.9. The summed E-state index contributed by atoms with van der Waals surface area (Å²) in [4.78, 5) is 82.1. The van der Waals surface area contributed by atoms with E-state index in [2.05, 4.69) is 25.7 Å². The van der Waals surface area contributed by atoms with Gasteiger partial charge in [-0.05, 0) is 74.8 Å². The summed E-state index contributed by atoms with van der Waals surface area (Å²) in [5, 5.41) is 24.8. The quantitative estimate of drug-likeness (QED) is 0.161. The van der Waals surface area contributed by atoms with Crippen molar-refractivity contribution in [2.24, 2.45) is 17.1 Å². The van der Waals surface area contributed by atoms with Crippen molar-refractivity contribution in [3.63, 3.8) is 0 Å². The Kier molecular flexibility index (Phi) is 13.9. The molecule has 17 nitrogen and oxygen atoms in total. The molecule has 1 saturated carbocycles. The monoisotopic (exact) mass is 844 g/mol. The molecule has 58 heavy (non-hydrogen) atoms. The summed E-state index contributed by atoms with van der Waals surface area (Å²) in [5.41, 5.74) is 2.23. The van der Waals surface area contributed by atoms with E-state index in [0.29, 0.717) is 17.2 Å². The molecule has 0 radical (unpaired) electrons. The number of primary amides is 1. The van der Waals surface area contributed by atoms with Gasteiger partial charge in [-0.2, -0.15) is 11.8 Å². The largest absolute Gasteiger partial charge is 0.384 e. The van der Waals surface area contributed by atoms with Crippen LogP contribution < -0.4 is 21.1 Å². The Bertz CT molecular complexity index is 1980. The van der Waals surface area contributed by atoms with Gasteiger partial charge in [0.15, 0.2) is 5.78 Å². The number of likely N-dealkylation sites (tertiary alicyclic amines) is 1. The van der Waals surface area contributed by atoms with Crippen LogP contribution in [0.15, 0.2) is 35.4 Å². The second-order valence-electron chi connectivity index (χ2n) is 17.2. The van der Waals surface area contributed by atoms with E-state index < -0.39 is 80.7 Å². The molecule has 0 spiro atoms. The van der Waals surface area contributed by atoms with Gasteiger partial charge in [-0.25, -0.2) is 17.8 Å². The first-order valence-electron chi connectivity index (χ1n) is 19.7. The molecule has 3 fully saturated rings. The number of sulfonamides is 1. The third kappa shape index (κ3) is 10.5. The molecular weight excluding hydrogens is 789 g/mol. The number of carbonyl (C=O) groups is 6. The molecule has 1 aromatic carbocycles. The van der Waals surface area contributed by atoms with Crippen molar-refractivity contribution in [2.75, 3.05) is 24.6 Å². The minimum atomic E-state index is -4.08. The third-order valence-corrected chi connectivity index (χ3v) is 13.8. The smallest absolute Gasteiger partial charge is 0.287 e. The highest BCUT2D eigenvalue weighted by Crippen LogP contribution is 2.35. The maximum absolute atomic E-state index is 14.9. The number of aliphatic hydroxyl groups is 1. The molecule has 1 aromatic heterocycles. The molecule has 2 aliphatic heterocycles. The van der Waals surface area contributed by atoms with Gasteiger partial charge < -0.3 is 26.4 Å². The van der Waals surface area contributed by atoms with Crippen LogP contribution in [0.1, 0.15) is 114 Å². The van der Waals surface area contributed by atoms with Crippen molar-refractivity contribution in [3.05, 3.63) is 41.7 Å². The average Bonchev–Trinajstić information content (AvgIpc) is 3.85. The highest BCUT2D eigenvalue weighted by Gasteiger charge is 2.49. The van der Waals surface area contributed by atoms with E-state index in [1.165, 1.54) is 40.0 Å². The van der Waals surface area contributed by atoms with Crippen molar-refractivity contribution >= 4 is 57.0 Å². The molecule has 2 unspecified atom stereocenters. The van der Waals surface area contributed by atoms with Crippen LogP contribution in [0.2, 0.25) is 0 Å². The zero-order valence-electron chi connectivity index (χ0n) is 33.8. The number of hydrogen-bond acceptors (Lipinski definition) is 12. The molecule has 2 saturated heterocycles. The number of benzene rings is 1. The van der Waals surface area contributed by atoms with Crippen LogP contribution in [0.5, 0.6) is 0 Å². The zero-order valence-corrected chi connectivity index (χ0v) is 35.4. The van der Waals surface area contributed by atoms with Crippen LogP contribution in [0, 0.1) is 11.3 Å². The van der Waals surface area contributed by atoms with Gasteiger partial charge in [0, 0.05) is 23.9 Å². The molecule has 3 atom stereocenters. The van der Waals surface area contributed by atoms with E-state index in [-0.39, 0.29) is 54.4 Å². The Balaban J connectivity index is 1.44. The molecular formula is C39H56N8O9S2. The number of amides is 4. The lowest BCUT2D eigenvalue weighted by Gasteiger charge is -2.37. The second-order valence-corrected chi connectivity index (χ2v) is 20.2. The van der Waals surface area contributed by atoms with Crippen LogP contribution >= 0.6 is 11.8 Å². The number of nitrogens with one attached hydrogen (secondary N) is 3. The van der Waals surface area contributed by atoms with Crippen molar-refractivity contribution < 1.29 is 42.3 Å². The zero-order chi connectivity index (χ0) is 42.6. The predicted molar refractivity (Wildman–Crippen MR) is 215 cm³/mol. The fourth-order valence-corrected chi connectivity index (χ4v) is 10.0. The van der Waals surface area contributed by atoms with Gasteiger partial charge in [0.25, 0.3) is 11.8 Å². The van der Waals surface area contributed by atoms with Crippen LogP contribution in [0.4, 0.5) is 0 Å². The summed E-state index contributed by atoms with van der Waals surface area (Å²) in [6.07, 6.45) is 6.71. The molecule has 318 valence electrons. The minimum absolute atomic E-state index is 0.0228. The summed E-state index contributed by atoms with van der Waals surface area (Å²) in [6, 6.07) is 2.22. The molecule has 4 amide bonds. The van der Waals surface area contributed by atoms with Crippen molar-refractivity contribution in [2.45, 2.75) is 127 Å². The number of nitrogens with zero attached hydrogens (tertiary/aromatic N) is 4. The number of rotatable bonds is 15. The van der Waals surface area contributed by atoms with Crippen molar-refractivity contribution in [3.8, 4) is 0 Å². The Labute approximate surface area is 343 Å². The molecule has 2 aromatic rings. The summed E-state index contributed by atoms with van der Waals surface area (Å²) >= 11 is 1.58. The third-order valence-electron chi connectivity index (χ3n) is 11.4. The summed E-state index contributed by atoms with van der Waals surface area (Å²) in [7, 11) is -4.08. The number of aromatic nitrogens is 3. The van der Waals surface area contributed by atoms with Crippen LogP contribution in [0.3, 0.4) is 0 Å². The van der Waals surface area contributed by atoms with Gasteiger partial charge in [-0.1, -0.05) is 58.1 Å². The number of nitrogens with two attached hydrogens (primary N) is 1. The van der Waals surface area contributed by atoms with Gasteiger partial charge in [0.05, 0.1) is 29.4 Å². The maximum Gasteiger partial charge on any atom is 0.287 e. The fraction of sp³-hybridized carbons (Fsp3) is 0.641. The summed E-state index contributed by atoms with van der Waals surface area (Å²) in [6.45, 7) is 7.74. The minimum Gasteiger partial charge on any atom is -0.384 e. The van der Waals surface area contributed by atoms with Crippen LogP contribution in [-0.4, -0.2) is 111 Å². The molecule has 5 rings (SSSR count). The van der Waals surface area contributed by atoms with E-state index in [9.17, 15) is 42.3 Å². The first-order valence-corrected chi connectivity index (χ1v) is 22.4. The Morgan fingerprint density at radius 2 is 1.64 bits per heavy atom. The first-order chi connectivity index (χ1) is 27.1. The van der Waals surface area contributed by atoms with Gasteiger partial charge in [0.2, 0.25) is 27.6 Å². The van der Waals surface area contributed by atoms with Crippen LogP contribution in [0.25, 0.3) is 0 Å². The van der Waals surface area contributed by atoms with Crippen LogP contribution in [-0.2, 0) is 39.6 Å². The number of ketones is 2. The van der Waals surface area contributed by atoms with E-state index in [1.807, 2.05) is 0 Å². The number of thioether (sulfide) groups is 1. The molecule has 19 heteroatoms. The molecule has 0 bridgehead atoms. The Hall–Kier alpha value is -4.20. The molecule has 3 aliphatic rings. The lowest BCUT2D eigenvalue weighted by molar-refractivity contribution is -0.145.